The molecule has 2 aromatic carbocycles. The summed E-state index contributed by atoms with van der Waals surface area (Å²) in [5.41, 5.74) is 0.986. The van der Waals surface area contributed by atoms with Crippen LogP contribution in [0.3, 0.4) is 0 Å². The van der Waals surface area contributed by atoms with E-state index in [9.17, 15) is 9.59 Å². The molecular weight excluding hydrogens is 362 g/mol. The molecule has 0 bridgehead atoms. The molecule has 0 saturated heterocycles. The lowest BCUT2D eigenvalue weighted by molar-refractivity contribution is -0.123. The van der Waals surface area contributed by atoms with Crippen LogP contribution in [0.5, 0.6) is 5.75 Å². The fourth-order valence-corrected chi connectivity index (χ4v) is 2.05. The van der Waals surface area contributed by atoms with E-state index in [-0.39, 0.29) is 0 Å². The van der Waals surface area contributed by atoms with Gasteiger partial charge in [0.05, 0.1) is 12.7 Å². The Hall–Kier alpha value is -2.34. The van der Waals surface area contributed by atoms with E-state index >= 15 is 0 Å². The van der Waals surface area contributed by atoms with Gasteiger partial charge in [-0.2, -0.15) is 0 Å². The lowest BCUT2D eigenvalue weighted by Crippen LogP contribution is -2.29. The summed E-state index contributed by atoms with van der Waals surface area (Å²) in [6, 6.07) is 13.6. The van der Waals surface area contributed by atoms with Crippen molar-refractivity contribution in [2.24, 2.45) is 0 Å². The second-order valence-corrected chi connectivity index (χ2v) is 5.69. The number of rotatable bonds is 5. The number of ether oxygens (including phenoxy) is 2. The van der Waals surface area contributed by atoms with Crippen LogP contribution in [0.1, 0.15) is 17.3 Å². The zero-order valence-corrected chi connectivity index (χ0v) is 14.3. The van der Waals surface area contributed by atoms with Gasteiger partial charge in [-0.05, 0) is 55.5 Å². The highest BCUT2D eigenvalue weighted by molar-refractivity contribution is 9.10. The third kappa shape index (κ3) is 4.82. The topological polar surface area (TPSA) is 64.6 Å². The van der Waals surface area contributed by atoms with Crippen LogP contribution in [0.15, 0.2) is 53.0 Å². The van der Waals surface area contributed by atoms with Crippen LogP contribution in [0, 0.1) is 0 Å². The molecule has 23 heavy (non-hydrogen) atoms. The molecule has 0 unspecified atom stereocenters. The van der Waals surface area contributed by atoms with Crippen LogP contribution in [-0.2, 0) is 9.53 Å². The highest BCUT2D eigenvalue weighted by atomic mass is 79.9. The molecule has 0 heterocycles. The molecule has 0 radical (unpaired) electrons. The number of hydrogen-bond acceptors (Lipinski definition) is 4. The third-order valence-electron chi connectivity index (χ3n) is 3.09. The van der Waals surface area contributed by atoms with Gasteiger partial charge in [0.2, 0.25) is 0 Å². The summed E-state index contributed by atoms with van der Waals surface area (Å²) >= 11 is 3.29. The average Bonchev–Trinajstić information content (AvgIpc) is 2.56. The summed E-state index contributed by atoms with van der Waals surface area (Å²) < 4.78 is 11.1. The van der Waals surface area contributed by atoms with E-state index in [2.05, 4.69) is 21.2 Å². The number of methoxy groups -OCH3 is 1. The highest BCUT2D eigenvalue weighted by Gasteiger charge is 2.19. The standard InChI is InChI=1S/C17H16BrNO4/c1-11(23-17(21)12-3-5-13(18)6-4-12)16(20)19-14-7-9-15(22-2)10-8-14/h3-11H,1-2H3,(H,19,20)/t11-/m1/s1. The van der Waals surface area contributed by atoms with Crippen molar-refractivity contribution in [3.05, 3.63) is 58.6 Å². The van der Waals surface area contributed by atoms with Crippen LogP contribution in [-0.4, -0.2) is 25.1 Å². The van der Waals surface area contributed by atoms with Crippen LogP contribution in [0.25, 0.3) is 0 Å². The predicted octanol–water partition coefficient (Wildman–Crippen LogP) is 3.64. The Morgan fingerprint density at radius 2 is 1.65 bits per heavy atom. The zero-order valence-electron chi connectivity index (χ0n) is 12.7. The minimum atomic E-state index is -0.909. The number of carbonyl (C=O) groups is 2. The van der Waals surface area contributed by atoms with Crippen LogP contribution in [0.2, 0.25) is 0 Å². The van der Waals surface area contributed by atoms with Crippen molar-refractivity contribution in [1.82, 2.24) is 0 Å². The summed E-state index contributed by atoms with van der Waals surface area (Å²) in [7, 11) is 1.57. The molecule has 1 N–H and O–H groups in total. The number of hydrogen-bond donors (Lipinski definition) is 1. The van der Waals surface area contributed by atoms with Crippen molar-refractivity contribution in [3.63, 3.8) is 0 Å². The normalized spacial score (nSPS) is 11.4. The van der Waals surface area contributed by atoms with Gasteiger partial charge in [-0.25, -0.2) is 4.79 Å². The molecule has 1 atom stereocenters. The number of nitrogens with one attached hydrogen (secondary N) is 1. The molecular formula is C17H16BrNO4. The van der Waals surface area contributed by atoms with Gasteiger partial charge >= 0.3 is 5.97 Å². The van der Waals surface area contributed by atoms with Gasteiger partial charge in [0.15, 0.2) is 6.10 Å². The van der Waals surface area contributed by atoms with Gasteiger partial charge in [0.25, 0.3) is 5.91 Å². The molecule has 0 fully saturated rings. The number of esters is 1. The molecule has 0 saturated carbocycles. The van der Waals surface area contributed by atoms with Crippen LogP contribution < -0.4 is 10.1 Å². The molecule has 0 aromatic heterocycles. The summed E-state index contributed by atoms with van der Waals surface area (Å²) in [5.74, 6) is -0.256. The summed E-state index contributed by atoms with van der Waals surface area (Å²) in [6.45, 7) is 1.52. The largest absolute Gasteiger partial charge is 0.497 e. The highest BCUT2D eigenvalue weighted by Crippen LogP contribution is 2.16. The molecule has 0 aliphatic rings. The van der Waals surface area contributed by atoms with E-state index in [1.54, 1.807) is 55.6 Å². The second kappa shape index (κ2) is 7.78. The van der Waals surface area contributed by atoms with Crippen molar-refractivity contribution in [1.29, 1.82) is 0 Å². The molecule has 0 spiro atoms. The van der Waals surface area contributed by atoms with E-state index in [0.717, 1.165) is 4.47 Å². The Morgan fingerprint density at radius 1 is 1.04 bits per heavy atom. The number of anilines is 1. The SMILES string of the molecule is COc1ccc(NC(=O)[C@@H](C)OC(=O)c2ccc(Br)cc2)cc1. The maximum atomic E-state index is 12.1. The van der Waals surface area contributed by atoms with Gasteiger partial charge < -0.3 is 14.8 Å². The summed E-state index contributed by atoms with van der Waals surface area (Å²) in [4.78, 5) is 24.0. The minimum absolute atomic E-state index is 0.386. The van der Waals surface area contributed by atoms with Gasteiger partial charge in [-0.3, -0.25) is 4.79 Å². The van der Waals surface area contributed by atoms with Crippen LogP contribution in [0.4, 0.5) is 5.69 Å². The lowest BCUT2D eigenvalue weighted by atomic mass is 10.2. The van der Waals surface area contributed by atoms with E-state index < -0.39 is 18.0 Å². The lowest BCUT2D eigenvalue weighted by Gasteiger charge is -2.13. The Balaban J connectivity index is 1.93. The summed E-state index contributed by atoms with van der Waals surface area (Å²) in [5, 5.41) is 2.68. The Labute approximate surface area is 142 Å². The zero-order chi connectivity index (χ0) is 16.8. The van der Waals surface area contributed by atoms with Crippen molar-refractivity contribution >= 4 is 33.5 Å². The van der Waals surface area contributed by atoms with E-state index in [1.807, 2.05) is 0 Å². The predicted molar refractivity (Wildman–Crippen MR) is 90.6 cm³/mol. The molecule has 5 nitrogen and oxygen atoms in total. The van der Waals surface area contributed by atoms with Crippen molar-refractivity contribution in [2.45, 2.75) is 13.0 Å². The number of benzene rings is 2. The molecule has 2 rings (SSSR count). The number of carbonyl (C=O) groups excluding carboxylic acids is 2. The third-order valence-corrected chi connectivity index (χ3v) is 3.62. The van der Waals surface area contributed by atoms with Crippen molar-refractivity contribution in [2.75, 3.05) is 12.4 Å². The first-order valence-electron chi connectivity index (χ1n) is 6.91. The van der Waals surface area contributed by atoms with E-state index in [4.69, 9.17) is 9.47 Å². The summed E-state index contributed by atoms with van der Waals surface area (Å²) in [6.07, 6.45) is -0.909. The first kappa shape index (κ1) is 17.0. The fraction of sp³-hybridized carbons (Fsp3) is 0.176. The maximum absolute atomic E-state index is 12.1. The first-order valence-corrected chi connectivity index (χ1v) is 7.70. The molecule has 6 heteroatoms. The molecule has 120 valence electrons. The van der Waals surface area contributed by atoms with Crippen LogP contribution >= 0.6 is 15.9 Å². The second-order valence-electron chi connectivity index (χ2n) is 4.77. The fourth-order valence-electron chi connectivity index (χ4n) is 1.79. The van der Waals surface area contributed by atoms with Gasteiger partial charge in [0, 0.05) is 10.2 Å². The van der Waals surface area contributed by atoms with E-state index in [1.165, 1.54) is 6.92 Å². The average molecular weight is 378 g/mol. The molecule has 1 amide bonds. The number of halogens is 1. The van der Waals surface area contributed by atoms with Gasteiger partial charge in [0.1, 0.15) is 5.75 Å². The maximum Gasteiger partial charge on any atom is 0.338 e. The minimum Gasteiger partial charge on any atom is -0.497 e. The van der Waals surface area contributed by atoms with Gasteiger partial charge in [-0.15, -0.1) is 0 Å². The molecule has 0 aliphatic heterocycles. The molecule has 2 aromatic rings. The number of amides is 1. The van der Waals surface area contributed by atoms with Crippen molar-refractivity contribution < 1.29 is 19.1 Å². The van der Waals surface area contributed by atoms with E-state index in [0.29, 0.717) is 17.0 Å². The van der Waals surface area contributed by atoms with Crippen molar-refractivity contribution in [3.8, 4) is 5.75 Å². The smallest absolute Gasteiger partial charge is 0.338 e. The Bertz CT molecular complexity index is 683. The molecule has 0 aliphatic carbocycles. The first-order chi connectivity index (χ1) is 11.0. The Morgan fingerprint density at radius 3 is 2.22 bits per heavy atom. The van der Waals surface area contributed by atoms with Gasteiger partial charge in [-0.1, -0.05) is 15.9 Å². The quantitative estimate of drug-likeness (QED) is 0.807. The Kier molecular flexibility index (Phi) is 5.76. The monoisotopic (exact) mass is 377 g/mol.